The topological polar surface area (TPSA) is 71.2 Å². The van der Waals surface area contributed by atoms with Crippen molar-refractivity contribution < 1.29 is 4.79 Å². The van der Waals surface area contributed by atoms with Gasteiger partial charge >= 0.3 is 0 Å². The van der Waals surface area contributed by atoms with Crippen LogP contribution in [0.15, 0.2) is 12.3 Å². The second-order valence-electron chi connectivity index (χ2n) is 6.02. The van der Waals surface area contributed by atoms with Crippen LogP contribution in [0.3, 0.4) is 0 Å². The minimum atomic E-state index is -0.105. The second-order valence-corrected chi connectivity index (χ2v) is 6.02. The normalized spacial score (nSPS) is 23.0. The van der Waals surface area contributed by atoms with Crippen molar-refractivity contribution in [3.8, 4) is 0 Å². The van der Waals surface area contributed by atoms with Gasteiger partial charge in [0.25, 0.3) is 5.91 Å². The van der Waals surface area contributed by atoms with E-state index in [2.05, 4.69) is 29.0 Å². The van der Waals surface area contributed by atoms with Gasteiger partial charge in [-0.1, -0.05) is 6.42 Å². The SMILES string of the molecule is Cc1ncc(C(=O)NCCN2[C@H](C)CCC[C@@H]2C)cc1N. The van der Waals surface area contributed by atoms with Crippen LogP contribution in [-0.2, 0) is 0 Å². The summed E-state index contributed by atoms with van der Waals surface area (Å²) < 4.78 is 0. The largest absolute Gasteiger partial charge is 0.397 e. The van der Waals surface area contributed by atoms with Gasteiger partial charge in [-0.25, -0.2) is 0 Å². The third kappa shape index (κ3) is 3.94. The van der Waals surface area contributed by atoms with Crippen LogP contribution in [0.5, 0.6) is 0 Å². The number of aromatic nitrogens is 1. The Morgan fingerprint density at radius 2 is 2.10 bits per heavy atom. The monoisotopic (exact) mass is 290 g/mol. The number of aryl methyl sites for hydroxylation is 1. The van der Waals surface area contributed by atoms with Crippen LogP contribution in [0.4, 0.5) is 5.69 Å². The molecule has 3 N–H and O–H groups in total. The van der Waals surface area contributed by atoms with Crippen molar-refractivity contribution >= 4 is 11.6 Å². The molecule has 0 aliphatic carbocycles. The Bertz CT molecular complexity index is 493. The number of nitrogen functional groups attached to an aromatic ring is 1. The van der Waals surface area contributed by atoms with Gasteiger partial charge in [0.05, 0.1) is 16.9 Å². The molecule has 1 aromatic heterocycles. The molecular formula is C16H26N4O. The molecule has 0 saturated carbocycles. The molecule has 116 valence electrons. The molecule has 2 atom stereocenters. The molecule has 2 heterocycles. The van der Waals surface area contributed by atoms with Gasteiger partial charge in [-0.2, -0.15) is 0 Å². The highest BCUT2D eigenvalue weighted by atomic mass is 16.1. The molecule has 0 spiro atoms. The first-order valence-electron chi connectivity index (χ1n) is 7.75. The summed E-state index contributed by atoms with van der Waals surface area (Å²) in [6.45, 7) is 7.91. The molecule has 1 aliphatic rings. The van der Waals surface area contributed by atoms with E-state index in [1.807, 2.05) is 6.92 Å². The highest BCUT2D eigenvalue weighted by Crippen LogP contribution is 2.21. The standard InChI is InChI=1S/C16H26N4O/c1-11-5-4-6-12(2)20(11)8-7-18-16(21)14-9-15(17)13(3)19-10-14/h9-12H,4-8,17H2,1-3H3,(H,18,21)/t11-,12+. The van der Waals surface area contributed by atoms with E-state index in [0.717, 1.165) is 12.2 Å². The van der Waals surface area contributed by atoms with Gasteiger partial charge in [0.15, 0.2) is 0 Å². The minimum Gasteiger partial charge on any atom is -0.397 e. The second kappa shape index (κ2) is 6.89. The first-order valence-corrected chi connectivity index (χ1v) is 7.75. The van der Waals surface area contributed by atoms with E-state index in [-0.39, 0.29) is 5.91 Å². The number of anilines is 1. The van der Waals surface area contributed by atoms with Crippen molar-refractivity contribution in [3.63, 3.8) is 0 Å². The van der Waals surface area contributed by atoms with Gasteiger partial charge in [-0.15, -0.1) is 0 Å². The molecule has 21 heavy (non-hydrogen) atoms. The summed E-state index contributed by atoms with van der Waals surface area (Å²) in [6, 6.07) is 2.88. The zero-order valence-electron chi connectivity index (χ0n) is 13.2. The van der Waals surface area contributed by atoms with Crippen molar-refractivity contribution in [1.29, 1.82) is 0 Å². The summed E-state index contributed by atoms with van der Waals surface area (Å²) in [7, 11) is 0. The molecule has 1 aliphatic heterocycles. The fourth-order valence-electron chi connectivity index (χ4n) is 2.99. The Kier molecular flexibility index (Phi) is 5.17. The molecule has 5 nitrogen and oxygen atoms in total. The summed E-state index contributed by atoms with van der Waals surface area (Å²) in [5, 5.41) is 2.96. The number of pyridine rings is 1. The average molecular weight is 290 g/mol. The van der Waals surface area contributed by atoms with E-state index in [1.54, 1.807) is 12.3 Å². The maximum atomic E-state index is 12.1. The number of hydrogen-bond donors (Lipinski definition) is 2. The van der Waals surface area contributed by atoms with Gasteiger partial charge in [0.2, 0.25) is 0 Å². The van der Waals surface area contributed by atoms with Crippen LogP contribution in [-0.4, -0.2) is 41.0 Å². The summed E-state index contributed by atoms with van der Waals surface area (Å²) in [5.74, 6) is -0.105. The van der Waals surface area contributed by atoms with Crippen molar-refractivity contribution in [2.24, 2.45) is 0 Å². The Morgan fingerprint density at radius 1 is 1.43 bits per heavy atom. The predicted molar refractivity (Wildman–Crippen MR) is 85.2 cm³/mol. The van der Waals surface area contributed by atoms with Crippen LogP contribution >= 0.6 is 0 Å². The highest BCUT2D eigenvalue weighted by molar-refractivity contribution is 5.94. The van der Waals surface area contributed by atoms with Gasteiger partial charge in [0.1, 0.15) is 0 Å². The highest BCUT2D eigenvalue weighted by Gasteiger charge is 2.24. The van der Waals surface area contributed by atoms with E-state index in [1.165, 1.54) is 19.3 Å². The lowest BCUT2D eigenvalue weighted by Gasteiger charge is -2.39. The number of piperidine rings is 1. The molecule has 0 bridgehead atoms. The number of hydrogen-bond acceptors (Lipinski definition) is 4. The first-order chi connectivity index (χ1) is 9.99. The minimum absolute atomic E-state index is 0.105. The number of rotatable bonds is 4. The molecule has 1 aromatic rings. The Morgan fingerprint density at radius 3 is 2.71 bits per heavy atom. The summed E-state index contributed by atoms with van der Waals surface area (Å²) in [4.78, 5) is 18.7. The Labute approximate surface area is 126 Å². The quantitative estimate of drug-likeness (QED) is 0.889. The Balaban J connectivity index is 1.85. The zero-order chi connectivity index (χ0) is 15.4. The first kappa shape index (κ1) is 15.8. The van der Waals surface area contributed by atoms with Crippen LogP contribution in [0.2, 0.25) is 0 Å². The van der Waals surface area contributed by atoms with Crippen molar-refractivity contribution in [2.45, 2.75) is 52.1 Å². The molecule has 1 amide bonds. The third-order valence-corrected chi connectivity index (χ3v) is 4.42. The lowest BCUT2D eigenvalue weighted by atomic mass is 9.98. The fourth-order valence-corrected chi connectivity index (χ4v) is 2.99. The summed E-state index contributed by atoms with van der Waals surface area (Å²) >= 11 is 0. The number of nitrogens with zero attached hydrogens (tertiary/aromatic N) is 2. The van der Waals surface area contributed by atoms with Gasteiger partial charge in [0, 0.05) is 31.4 Å². The van der Waals surface area contributed by atoms with E-state index in [9.17, 15) is 4.79 Å². The molecule has 1 fully saturated rings. The number of likely N-dealkylation sites (tertiary alicyclic amines) is 1. The average Bonchev–Trinajstić information content (AvgIpc) is 2.45. The smallest absolute Gasteiger partial charge is 0.252 e. The van der Waals surface area contributed by atoms with E-state index >= 15 is 0 Å². The van der Waals surface area contributed by atoms with Crippen molar-refractivity contribution in [2.75, 3.05) is 18.8 Å². The molecule has 1 saturated heterocycles. The number of carbonyl (C=O) groups is 1. The lowest BCUT2D eigenvalue weighted by Crippen LogP contribution is -2.47. The van der Waals surface area contributed by atoms with E-state index in [0.29, 0.717) is 29.9 Å². The van der Waals surface area contributed by atoms with Crippen LogP contribution in [0.25, 0.3) is 0 Å². The van der Waals surface area contributed by atoms with E-state index in [4.69, 9.17) is 5.73 Å². The summed E-state index contributed by atoms with van der Waals surface area (Å²) in [6.07, 6.45) is 5.38. The van der Waals surface area contributed by atoms with Crippen molar-refractivity contribution in [3.05, 3.63) is 23.5 Å². The third-order valence-electron chi connectivity index (χ3n) is 4.42. The number of amides is 1. The van der Waals surface area contributed by atoms with Crippen molar-refractivity contribution in [1.82, 2.24) is 15.2 Å². The van der Waals surface area contributed by atoms with Crippen LogP contribution < -0.4 is 11.1 Å². The van der Waals surface area contributed by atoms with Gasteiger partial charge < -0.3 is 11.1 Å². The predicted octanol–water partition coefficient (Wildman–Crippen LogP) is 1.96. The lowest BCUT2D eigenvalue weighted by molar-refractivity contribution is 0.0889. The maximum absolute atomic E-state index is 12.1. The molecule has 5 heteroatoms. The molecule has 0 unspecified atom stereocenters. The molecule has 0 radical (unpaired) electrons. The molecule has 0 aromatic carbocycles. The maximum Gasteiger partial charge on any atom is 0.252 e. The van der Waals surface area contributed by atoms with Crippen LogP contribution in [0, 0.1) is 6.92 Å². The molecular weight excluding hydrogens is 264 g/mol. The number of carbonyl (C=O) groups excluding carboxylic acids is 1. The Hall–Kier alpha value is -1.62. The fraction of sp³-hybridized carbons (Fsp3) is 0.625. The van der Waals surface area contributed by atoms with E-state index < -0.39 is 0 Å². The number of nitrogens with two attached hydrogens (primary N) is 1. The summed E-state index contributed by atoms with van der Waals surface area (Å²) in [5.41, 5.74) is 7.62. The van der Waals surface area contributed by atoms with Crippen LogP contribution in [0.1, 0.15) is 49.2 Å². The van der Waals surface area contributed by atoms with Gasteiger partial charge in [-0.05, 0) is 39.7 Å². The zero-order valence-corrected chi connectivity index (χ0v) is 13.2. The van der Waals surface area contributed by atoms with Gasteiger partial charge in [-0.3, -0.25) is 14.7 Å². The molecule has 2 rings (SSSR count). The number of nitrogens with one attached hydrogen (secondary N) is 1.